The minimum absolute atomic E-state index is 0.891. The Kier molecular flexibility index (Phi) is 1.79. The second kappa shape index (κ2) is 2.77. The van der Waals surface area contributed by atoms with E-state index in [1.54, 1.807) is 0 Å². The van der Waals surface area contributed by atoms with Gasteiger partial charge in [0.05, 0.1) is 0 Å². The zero-order valence-electron chi connectivity index (χ0n) is 6.47. The van der Waals surface area contributed by atoms with Crippen molar-refractivity contribution in [1.82, 2.24) is 0 Å². The van der Waals surface area contributed by atoms with Crippen molar-refractivity contribution in [1.29, 1.82) is 0 Å². The molecule has 0 aromatic rings. The molecule has 0 nitrogen and oxygen atoms in total. The van der Waals surface area contributed by atoms with Gasteiger partial charge in [-0.15, -0.1) is 0 Å². The maximum absolute atomic E-state index is 2.43. The lowest BCUT2D eigenvalue weighted by molar-refractivity contribution is 0.420. The number of fused-ring (bicyclic) bond motifs is 1. The largest absolute Gasteiger partial charge is 0.0882 e. The van der Waals surface area contributed by atoms with Crippen molar-refractivity contribution in [3.8, 4) is 0 Å². The van der Waals surface area contributed by atoms with E-state index >= 15 is 0 Å². The molecule has 1 unspecified atom stereocenters. The van der Waals surface area contributed by atoms with E-state index < -0.39 is 0 Å². The van der Waals surface area contributed by atoms with Gasteiger partial charge in [0.15, 0.2) is 0 Å². The van der Waals surface area contributed by atoms with Crippen molar-refractivity contribution in [2.75, 3.05) is 0 Å². The molecular formula is C10H15. The zero-order chi connectivity index (χ0) is 6.81. The Morgan fingerprint density at radius 1 is 1.20 bits per heavy atom. The van der Waals surface area contributed by atoms with Crippen LogP contribution >= 0.6 is 0 Å². The highest BCUT2D eigenvalue weighted by Crippen LogP contribution is 2.38. The van der Waals surface area contributed by atoms with Crippen LogP contribution in [0.3, 0.4) is 0 Å². The second-order valence-corrected chi connectivity index (χ2v) is 3.48. The van der Waals surface area contributed by atoms with Gasteiger partial charge in [-0.2, -0.15) is 0 Å². The Bertz CT molecular complexity index is 135. The molecule has 2 rings (SSSR count). The van der Waals surface area contributed by atoms with Gasteiger partial charge >= 0.3 is 0 Å². The van der Waals surface area contributed by atoms with Gasteiger partial charge in [0.2, 0.25) is 0 Å². The van der Waals surface area contributed by atoms with E-state index in [1.165, 1.54) is 38.5 Å². The molecule has 0 N–H and O–H groups in total. The highest BCUT2D eigenvalue weighted by molar-refractivity contribution is 5.12. The third kappa shape index (κ3) is 1.12. The Morgan fingerprint density at radius 2 is 2.20 bits per heavy atom. The molecule has 10 heavy (non-hydrogen) atoms. The van der Waals surface area contributed by atoms with Gasteiger partial charge in [0.1, 0.15) is 0 Å². The summed E-state index contributed by atoms with van der Waals surface area (Å²) < 4.78 is 0. The lowest BCUT2D eigenvalue weighted by atomic mass is 9.74. The van der Waals surface area contributed by atoms with Crippen LogP contribution in [0, 0.1) is 11.8 Å². The molecule has 1 atom stereocenters. The Balaban J connectivity index is 2.03. The van der Waals surface area contributed by atoms with Crippen LogP contribution in [0.15, 0.2) is 12.2 Å². The van der Waals surface area contributed by atoms with Crippen molar-refractivity contribution in [2.24, 2.45) is 5.92 Å². The minimum atomic E-state index is 0.891. The smallest absolute Gasteiger partial charge is 0.0169 e. The van der Waals surface area contributed by atoms with E-state index in [4.69, 9.17) is 0 Å². The molecule has 0 amide bonds. The molecule has 0 heteroatoms. The molecular weight excluding hydrogens is 120 g/mol. The Labute approximate surface area is 63.3 Å². The lowest BCUT2D eigenvalue weighted by Crippen LogP contribution is -2.17. The van der Waals surface area contributed by atoms with Crippen LogP contribution in [0.4, 0.5) is 0 Å². The molecule has 55 valence electrons. The predicted octanol–water partition coefficient (Wildman–Crippen LogP) is 3.10. The van der Waals surface area contributed by atoms with E-state index in [2.05, 4.69) is 12.2 Å². The van der Waals surface area contributed by atoms with Crippen LogP contribution in [-0.4, -0.2) is 0 Å². The van der Waals surface area contributed by atoms with Gasteiger partial charge in [-0.1, -0.05) is 25.0 Å². The normalized spacial score (nSPS) is 33.8. The van der Waals surface area contributed by atoms with Crippen molar-refractivity contribution < 1.29 is 0 Å². The maximum atomic E-state index is 2.43. The summed E-state index contributed by atoms with van der Waals surface area (Å²) in [5, 5.41) is 0. The first-order chi connectivity index (χ1) is 4.97. The monoisotopic (exact) mass is 135 g/mol. The topological polar surface area (TPSA) is 0 Å². The van der Waals surface area contributed by atoms with Crippen LogP contribution in [-0.2, 0) is 0 Å². The highest BCUT2D eigenvalue weighted by Gasteiger charge is 2.24. The molecule has 2 aliphatic rings. The fourth-order valence-electron chi connectivity index (χ4n) is 2.18. The van der Waals surface area contributed by atoms with Gasteiger partial charge in [-0.3, -0.25) is 0 Å². The summed E-state index contributed by atoms with van der Waals surface area (Å²) in [7, 11) is 0. The standard InChI is InChI=1S/C10H15/c1-2-6-10-8-4-3-7-9(10)5-1/h1,5,9H,2-4,6-8H2. The van der Waals surface area contributed by atoms with Gasteiger partial charge < -0.3 is 0 Å². The molecule has 0 heterocycles. The molecule has 0 aromatic carbocycles. The lowest BCUT2D eigenvalue weighted by Gasteiger charge is -2.31. The number of hydrogen-bond donors (Lipinski definition) is 0. The van der Waals surface area contributed by atoms with Crippen LogP contribution < -0.4 is 0 Å². The summed E-state index contributed by atoms with van der Waals surface area (Å²) in [6.45, 7) is 0. The summed E-state index contributed by atoms with van der Waals surface area (Å²) in [6, 6.07) is 0. The first-order valence-corrected chi connectivity index (χ1v) is 4.48. The zero-order valence-corrected chi connectivity index (χ0v) is 6.47. The van der Waals surface area contributed by atoms with E-state index in [0.717, 1.165) is 5.92 Å². The minimum Gasteiger partial charge on any atom is -0.0882 e. The first-order valence-electron chi connectivity index (χ1n) is 4.48. The molecule has 0 aliphatic heterocycles. The van der Waals surface area contributed by atoms with Crippen LogP contribution in [0.25, 0.3) is 0 Å². The van der Waals surface area contributed by atoms with Gasteiger partial charge in [0.25, 0.3) is 0 Å². The second-order valence-electron chi connectivity index (χ2n) is 3.48. The van der Waals surface area contributed by atoms with Crippen LogP contribution in [0.5, 0.6) is 0 Å². The molecule has 0 aromatic heterocycles. The molecule has 1 fully saturated rings. The fraction of sp³-hybridized carbons (Fsp3) is 0.700. The predicted molar refractivity (Wildman–Crippen MR) is 43.6 cm³/mol. The van der Waals surface area contributed by atoms with Crippen molar-refractivity contribution in [3.63, 3.8) is 0 Å². The number of allylic oxidation sites excluding steroid dienone is 2. The summed E-state index contributed by atoms with van der Waals surface area (Å²) in [6.07, 6.45) is 13.3. The average Bonchev–Trinajstić information content (AvgIpc) is 2.05. The molecule has 1 radical (unpaired) electrons. The fourth-order valence-corrected chi connectivity index (χ4v) is 2.18. The van der Waals surface area contributed by atoms with Crippen molar-refractivity contribution in [2.45, 2.75) is 38.5 Å². The third-order valence-electron chi connectivity index (χ3n) is 2.79. The van der Waals surface area contributed by atoms with E-state index in [9.17, 15) is 0 Å². The average molecular weight is 135 g/mol. The molecule has 0 saturated heterocycles. The van der Waals surface area contributed by atoms with E-state index in [0.29, 0.717) is 0 Å². The van der Waals surface area contributed by atoms with Crippen LogP contribution in [0.2, 0.25) is 0 Å². The summed E-state index contributed by atoms with van der Waals surface area (Å²) in [5.74, 6) is 2.73. The number of rotatable bonds is 0. The van der Waals surface area contributed by atoms with E-state index in [1.807, 2.05) is 5.92 Å². The van der Waals surface area contributed by atoms with Crippen molar-refractivity contribution >= 4 is 0 Å². The Hall–Kier alpha value is -0.260. The molecule has 1 saturated carbocycles. The quantitative estimate of drug-likeness (QED) is 0.448. The van der Waals surface area contributed by atoms with Gasteiger partial charge in [-0.25, -0.2) is 0 Å². The summed E-state index contributed by atoms with van der Waals surface area (Å²) >= 11 is 0. The van der Waals surface area contributed by atoms with E-state index in [-0.39, 0.29) is 0 Å². The summed E-state index contributed by atoms with van der Waals surface area (Å²) in [4.78, 5) is 0. The third-order valence-corrected chi connectivity index (χ3v) is 2.79. The SMILES string of the molecule is C1=CC2CCCC[C]2CC1. The molecule has 2 aliphatic carbocycles. The highest BCUT2D eigenvalue weighted by atomic mass is 14.3. The number of hydrogen-bond acceptors (Lipinski definition) is 0. The Morgan fingerprint density at radius 3 is 3.10 bits per heavy atom. The van der Waals surface area contributed by atoms with Crippen LogP contribution in [0.1, 0.15) is 38.5 Å². The first kappa shape index (κ1) is 6.45. The van der Waals surface area contributed by atoms with Crippen molar-refractivity contribution in [3.05, 3.63) is 18.1 Å². The van der Waals surface area contributed by atoms with Gasteiger partial charge in [-0.05, 0) is 37.5 Å². The maximum Gasteiger partial charge on any atom is -0.0169 e. The molecule has 0 spiro atoms. The molecule has 0 bridgehead atoms. The summed E-state index contributed by atoms with van der Waals surface area (Å²) in [5.41, 5.74) is 0. The van der Waals surface area contributed by atoms with Gasteiger partial charge in [0, 0.05) is 0 Å².